The summed E-state index contributed by atoms with van der Waals surface area (Å²) in [5, 5.41) is 3.19. The summed E-state index contributed by atoms with van der Waals surface area (Å²) in [5.74, 6) is 0.127. The molecule has 0 amide bonds. The lowest BCUT2D eigenvalue weighted by Crippen LogP contribution is -2.25. The highest BCUT2D eigenvalue weighted by Gasteiger charge is 2.06. The van der Waals surface area contributed by atoms with Crippen LogP contribution in [0.25, 0.3) is 0 Å². The van der Waals surface area contributed by atoms with E-state index in [4.69, 9.17) is 4.42 Å². The fraction of sp³-hybridized carbons (Fsp3) is 0.500. The fourth-order valence-corrected chi connectivity index (χ4v) is 1.04. The number of Topliss-reactive ketones (excluding diaryl/α,β-unsaturated/α-hetero) is 1. The molecule has 0 aliphatic heterocycles. The number of carbonyl (C=O) groups excluding carboxylic acids is 1. The molecule has 0 radical (unpaired) electrons. The van der Waals surface area contributed by atoms with E-state index in [1.165, 1.54) is 12.5 Å². The van der Waals surface area contributed by atoms with Gasteiger partial charge >= 0.3 is 0 Å². The van der Waals surface area contributed by atoms with Crippen LogP contribution >= 0.6 is 0 Å². The molecule has 3 heteroatoms. The Labute approximate surface area is 78.1 Å². The number of hydrogen-bond donors (Lipinski definition) is 1. The Bertz CT molecular complexity index is 252. The van der Waals surface area contributed by atoms with Crippen LogP contribution in [0.4, 0.5) is 0 Å². The molecule has 0 saturated carbocycles. The number of furan rings is 1. The van der Waals surface area contributed by atoms with Crippen LogP contribution in [0.2, 0.25) is 0 Å². The van der Waals surface area contributed by atoms with Gasteiger partial charge in [-0.3, -0.25) is 4.79 Å². The van der Waals surface area contributed by atoms with E-state index < -0.39 is 0 Å². The van der Waals surface area contributed by atoms with Crippen LogP contribution in [0.5, 0.6) is 0 Å². The molecule has 0 fully saturated rings. The lowest BCUT2D eigenvalue weighted by molar-refractivity contribution is 0.0981. The Balaban J connectivity index is 2.27. The van der Waals surface area contributed by atoms with Crippen LogP contribution in [0, 0.1) is 0 Å². The third kappa shape index (κ3) is 3.42. The van der Waals surface area contributed by atoms with Crippen LogP contribution in [-0.2, 0) is 0 Å². The minimum absolute atomic E-state index is 0.127. The zero-order chi connectivity index (χ0) is 9.68. The number of ketones is 1. The molecule has 1 aromatic heterocycles. The molecular formula is C10H15NO2. The number of hydrogen-bond acceptors (Lipinski definition) is 3. The van der Waals surface area contributed by atoms with Crippen molar-refractivity contribution in [2.45, 2.75) is 26.3 Å². The zero-order valence-corrected chi connectivity index (χ0v) is 8.04. The number of nitrogens with one attached hydrogen (secondary N) is 1. The van der Waals surface area contributed by atoms with E-state index >= 15 is 0 Å². The maximum atomic E-state index is 11.4. The molecule has 0 aliphatic carbocycles. The first-order valence-corrected chi connectivity index (χ1v) is 4.49. The Morgan fingerprint density at radius 3 is 2.92 bits per heavy atom. The van der Waals surface area contributed by atoms with Gasteiger partial charge in [0.25, 0.3) is 0 Å². The Morgan fingerprint density at radius 1 is 1.62 bits per heavy atom. The molecule has 0 aromatic carbocycles. The highest BCUT2D eigenvalue weighted by atomic mass is 16.3. The summed E-state index contributed by atoms with van der Waals surface area (Å²) in [6, 6.07) is 2.12. The van der Waals surface area contributed by atoms with E-state index in [0.717, 1.165) is 6.54 Å². The predicted octanol–water partition coefficient (Wildman–Crippen LogP) is 1.85. The first kappa shape index (κ1) is 9.99. The summed E-state index contributed by atoms with van der Waals surface area (Å²) < 4.78 is 4.82. The molecule has 0 atom stereocenters. The predicted molar refractivity (Wildman–Crippen MR) is 50.8 cm³/mol. The van der Waals surface area contributed by atoms with Gasteiger partial charge in [-0.05, 0) is 6.07 Å². The highest BCUT2D eigenvalue weighted by Crippen LogP contribution is 2.03. The minimum atomic E-state index is 0.127. The van der Waals surface area contributed by atoms with Crippen molar-refractivity contribution in [1.82, 2.24) is 5.32 Å². The second kappa shape index (κ2) is 4.82. The van der Waals surface area contributed by atoms with E-state index in [-0.39, 0.29) is 5.78 Å². The van der Waals surface area contributed by atoms with E-state index in [2.05, 4.69) is 19.2 Å². The van der Waals surface area contributed by atoms with Crippen LogP contribution in [0.3, 0.4) is 0 Å². The van der Waals surface area contributed by atoms with Crippen molar-refractivity contribution >= 4 is 5.78 Å². The maximum absolute atomic E-state index is 11.4. The Hall–Kier alpha value is -1.09. The molecule has 72 valence electrons. The molecule has 1 rings (SSSR count). The second-order valence-corrected chi connectivity index (χ2v) is 3.29. The highest BCUT2D eigenvalue weighted by molar-refractivity contribution is 5.95. The van der Waals surface area contributed by atoms with Crippen molar-refractivity contribution in [2.75, 3.05) is 6.54 Å². The maximum Gasteiger partial charge on any atom is 0.167 e. The lowest BCUT2D eigenvalue weighted by atomic mass is 10.1. The average molecular weight is 181 g/mol. The summed E-state index contributed by atoms with van der Waals surface area (Å²) in [7, 11) is 0. The Kier molecular flexibility index (Phi) is 3.71. The molecule has 1 aromatic rings. The minimum Gasteiger partial charge on any atom is -0.472 e. The normalized spacial score (nSPS) is 10.7. The van der Waals surface area contributed by atoms with Crippen LogP contribution in [0.15, 0.2) is 23.0 Å². The molecule has 13 heavy (non-hydrogen) atoms. The van der Waals surface area contributed by atoms with E-state index in [0.29, 0.717) is 18.0 Å². The van der Waals surface area contributed by atoms with Gasteiger partial charge in [-0.1, -0.05) is 13.8 Å². The number of carbonyl (C=O) groups is 1. The SMILES string of the molecule is CC(C)NCCC(=O)c1ccoc1. The third-order valence-corrected chi connectivity index (χ3v) is 1.75. The Morgan fingerprint density at radius 2 is 2.38 bits per heavy atom. The van der Waals surface area contributed by atoms with Gasteiger partial charge in [-0.25, -0.2) is 0 Å². The van der Waals surface area contributed by atoms with Gasteiger partial charge in [0, 0.05) is 19.0 Å². The molecule has 0 unspecified atom stereocenters. The smallest absolute Gasteiger partial charge is 0.167 e. The topological polar surface area (TPSA) is 42.2 Å². The van der Waals surface area contributed by atoms with E-state index in [9.17, 15) is 4.79 Å². The van der Waals surface area contributed by atoms with Gasteiger partial charge in [0.1, 0.15) is 6.26 Å². The molecular weight excluding hydrogens is 166 g/mol. The quantitative estimate of drug-likeness (QED) is 0.705. The summed E-state index contributed by atoms with van der Waals surface area (Å²) in [6.07, 6.45) is 3.53. The van der Waals surface area contributed by atoms with E-state index in [1.807, 2.05) is 0 Å². The van der Waals surface area contributed by atoms with Gasteiger partial charge in [0.05, 0.1) is 11.8 Å². The van der Waals surface area contributed by atoms with Gasteiger partial charge in [0.15, 0.2) is 5.78 Å². The van der Waals surface area contributed by atoms with Crippen LogP contribution in [-0.4, -0.2) is 18.4 Å². The van der Waals surface area contributed by atoms with Crippen molar-refractivity contribution < 1.29 is 9.21 Å². The molecule has 0 saturated heterocycles. The molecule has 0 bridgehead atoms. The van der Waals surface area contributed by atoms with Gasteiger partial charge in [0.2, 0.25) is 0 Å². The van der Waals surface area contributed by atoms with Crippen molar-refractivity contribution in [3.8, 4) is 0 Å². The summed E-state index contributed by atoms with van der Waals surface area (Å²) in [6.45, 7) is 4.84. The van der Waals surface area contributed by atoms with Crippen LogP contribution in [0.1, 0.15) is 30.6 Å². The van der Waals surface area contributed by atoms with Crippen LogP contribution < -0.4 is 5.32 Å². The summed E-state index contributed by atoms with van der Waals surface area (Å²) in [4.78, 5) is 11.4. The zero-order valence-electron chi connectivity index (χ0n) is 8.04. The third-order valence-electron chi connectivity index (χ3n) is 1.75. The van der Waals surface area contributed by atoms with Crippen molar-refractivity contribution in [3.63, 3.8) is 0 Å². The number of rotatable bonds is 5. The average Bonchev–Trinajstić information content (AvgIpc) is 2.55. The standard InChI is InChI=1S/C10H15NO2/c1-8(2)11-5-3-10(12)9-4-6-13-7-9/h4,6-8,11H,3,5H2,1-2H3. The van der Waals surface area contributed by atoms with Crippen molar-refractivity contribution in [3.05, 3.63) is 24.2 Å². The summed E-state index contributed by atoms with van der Waals surface area (Å²) >= 11 is 0. The van der Waals surface area contributed by atoms with Crippen molar-refractivity contribution in [2.24, 2.45) is 0 Å². The molecule has 1 N–H and O–H groups in total. The molecule has 1 heterocycles. The van der Waals surface area contributed by atoms with Gasteiger partial charge < -0.3 is 9.73 Å². The monoisotopic (exact) mass is 181 g/mol. The largest absolute Gasteiger partial charge is 0.472 e. The van der Waals surface area contributed by atoms with E-state index in [1.54, 1.807) is 6.07 Å². The fourth-order valence-electron chi connectivity index (χ4n) is 1.04. The lowest BCUT2D eigenvalue weighted by Gasteiger charge is -2.05. The molecule has 3 nitrogen and oxygen atoms in total. The molecule has 0 aliphatic rings. The molecule has 0 spiro atoms. The first-order valence-electron chi connectivity index (χ1n) is 4.49. The van der Waals surface area contributed by atoms with Gasteiger partial charge in [-0.15, -0.1) is 0 Å². The van der Waals surface area contributed by atoms with Gasteiger partial charge in [-0.2, -0.15) is 0 Å². The first-order chi connectivity index (χ1) is 6.20. The summed E-state index contributed by atoms with van der Waals surface area (Å²) in [5.41, 5.74) is 0.658. The van der Waals surface area contributed by atoms with Crippen molar-refractivity contribution in [1.29, 1.82) is 0 Å². The second-order valence-electron chi connectivity index (χ2n) is 3.29.